The molecule has 9 nitrogen and oxygen atoms in total. The molecule has 0 saturated heterocycles. The Morgan fingerprint density at radius 3 is 1.70 bits per heavy atom. The molecule has 0 atom stereocenters. The van der Waals surface area contributed by atoms with Gasteiger partial charge in [-0.05, 0) is 12.1 Å². The summed E-state index contributed by atoms with van der Waals surface area (Å²) in [6, 6.07) is 8.55. The van der Waals surface area contributed by atoms with Gasteiger partial charge in [-0.3, -0.25) is 9.59 Å². The van der Waals surface area contributed by atoms with E-state index in [1.807, 2.05) is 6.07 Å². The molecule has 0 amide bonds. The van der Waals surface area contributed by atoms with E-state index in [1.54, 1.807) is 24.3 Å². The monoisotopic (exact) mass is 348 g/mol. The SMILES string of the molecule is O=C(O)CC(O)(CC(=O)O)C(=O)O.O=C(OCl)c1ccccc1. The normalized spacial score (nSPS) is 10.0. The molecular formula is C13H13ClO9. The van der Waals surface area contributed by atoms with E-state index in [0.29, 0.717) is 5.56 Å². The van der Waals surface area contributed by atoms with Gasteiger partial charge >= 0.3 is 23.9 Å². The van der Waals surface area contributed by atoms with Gasteiger partial charge in [0.05, 0.1) is 18.4 Å². The zero-order chi connectivity index (χ0) is 18.0. The third-order valence-electron chi connectivity index (χ3n) is 2.37. The van der Waals surface area contributed by atoms with E-state index >= 15 is 0 Å². The Kier molecular flexibility index (Phi) is 8.30. The lowest BCUT2D eigenvalue weighted by Crippen LogP contribution is -2.42. The van der Waals surface area contributed by atoms with Crippen LogP contribution in [0.15, 0.2) is 30.3 Å². The second kappa shape index (κ2) is 9.38. The quantitative estimate of drug-likeness (QED) is 0.581. The van der Waals surface area contributed by atoms with Gasteiger partial charge in [0.25, 0.3) is 0 Å². The van der Waals surface area contributed by atoms with Crippen molar-refractivity contribution >= 4 is 35.7 Å². The molecule has 1 aromatic rings. The third kappa shape index (κ3) is 7.79. The van der Waals surface area contributed by atoms with Crippen LogP contribution in [0.5, 0.6) is 0 Å². The first-order valence-electron chi connectivity index (χ1n) is 5.89. The molecule has 0 aliphatic carbocycles. The maximum atomic E-state index is 10.7. The zero-order valence-electron chi connectivity index (χ0n) is 11.5. The number of carboxylic acid groups (broad SMARTS) is 3. The number of benzene rings is 1. The molecule has 0 fully saturated rings. The summed E-state index contributed by atoms with van der Waals surface area (Å²) in [5.74, 6) is -5.54. The van der Waals surface area contributed by atoms with Crippen LogP contribution in [-0.2, 0) is 18.7 Å². The van der Waals surface area contributed by atoms with Gasteiger partial charge in [-0.15, -0.1) is 0 Å². The summed E-state index contributed by atoms with van der Waals surface area (Å²) in [6.45, 7) is 0. The summed E-state index contributed by atoms with van der Waals surface area (Å²) in [7, 11) is 0. The van der Waals surface area contributed by atoms with Crippen molar-refractivity contribution in [3.05, 3.63) is 35.9 Å². The average Bonchev–Trinajstić information content (AvgIpc) is 2.46. The fourth-order valence-corrected chi connectivity index (χ4v) is 1.42. The first-order valence-corrected chi connectivity index (χ1v) is 6.20. The van der Waals surface area contributed by atoms with Gasteiger partial charge in [0.15, 0.2) is 5.60 Å². The summed E-state index contributed by atoms with van der Waals surface area (Å²) in [6.07, 6.45) is -2.29. The van der Waals surface area contributed by atoms with Gasteiger partial charge in [-0.25, -0.2) is 9.59 Å². The summed E-state index contributed by atoms with van der Waals surface area (Å²) >= 11 is 4.84. The van der Waals surface area contributed by atoms with Crippen molar-refractivity contribution in [3.8, 4) is 0 Å². The molecule has 1 rings (SSSR count). The maximum Gasteiger partial charge on any atom is 0.356 e. The first kappa shape index (κ1) is 20.3. The molecule has 23 heavy (non-hydrogen) atoms. The van der Waals surface area contributed by atoms with Gasteiger partial charge in [0.2, 0.25) is 0 Å². The molecule has 0 heterocycles. The van der Waals surface area contributed by atoms with E-state index < -0.39 is 42.3 Å². The maximum absolute atomic E-state index is 10.7. The molecule has 0 saturated carbocycles. The fourth-order valence-electron chi connectivity index (χ4n) is 1.33. The molecule has 0 spiro atoms. The average molecular weight is 349 g/mol. The molecule has 126 valence electrons. The molecule has 0 aliphatic heterocycles. The van der Waals surface area contributed by atoms with E-state index in [-0.39, 0.29) is 0 Å². The summed E-state index contributed by atoms with van der Waals surface area (Å²) in [4.78, 5) is 41.1. The number of carbonyl (C=O) groups excluding carboxylic acids is 1. The summed E-state index contributed by atoms with van der Waals surface area (Å²) in [5.41, 5.74) is -2.28. The smallest absolute Gasteiger partial charge is 0.356 e. The highest BCUT2D eigenvalue weighted by Crippen LogP contribution is 2.15. The Morgan fingerprint density at radius 2 is 1.39 bits per heavy atom. The minimum absolute atomic E-state index is 0.456. The first-order chi connectivity index (χ1) is 10.6. The van der Waals surface area contributed by atoms with Crippen LogP contribution < -0.4 is 0 Å². The van der Waals surface area contributed by atoms with E-state index in [9.17, 15) is 19.2 Å². The molecule has 0 radical (unpaired) electrons. The van der Waals surface area contributed by atoms with Crippen molar-refractivity contribution in [2.75, 3.05) is 0 Å². The number of halogens is 1. The fraction of sp³-hybridized carbons (Fsp3) is 0.231. The van der Waals surface area contributed by atoms with Crippen LogP contribution in [0.3, 0.4) is 0 Å². The highest BCUT2D eigenvalue weighted by molar-refractivity contribution is 6.15. The molecule has 4 N–H and O–H groups in total. The van der Waals surface area contributed by atoms with Crippen LogP contribution in [0.4, 0.5) is 0 Å². The lowest BCUT2D eigenvalue weighted by Gasteiger charge is -2.18. The van der Waals surface area contributed by atoms with Crippen molar-refractivity contribution < 1.29 is 43.9 Å². The summed E-state index contributed by atoms with van der Waals surface area (Å²) in [5, 5.41) is 33.8. The molecule has 0 unspecified atom stereocenters. The standard InChI is InChI=1S/C7H5ClO2.C6H8O7/c8-10-7(9)6-4-2-1-3-5-6;7-3(8)1-6(13,5(11)12)2-4(9)10/h1-5H;13H,1-2H2,(H,7,8)(H,9,10)(H,11,12). The van der Waals surface area contributed by atoms with Gasteiger partial charge in [0.1, 0.15) is 11.9 Å². The molecule has 0 aromatic heterocycles. The lowest BCUT2D eigenvalue weighted by molar-refractivity contribution is -0.170. The number of aliphatic carboxylic acids is 3. The Bertz CT molecular complexity index is 554. The number of aliphatic hydroxyl groups is 1. The molecule has 1 aromatic carbocycles. The number of carboxylic acids is 3. The molecular weight excluding hydrogens is 336 g/mol. The van der Waals surface area contributed by atoms with Crippen molar-refractivity contribution in [1.29, 1.82) is 0 Å². The van der Waals surface area contributed by atoms with Gasteiger partial charge in [-0.1, -0.05) is 18.2 Å². The van der Waals surface area contributed by atoms with Crippen LogP contribution >= 0.6 is 11.9 Å². The predicted molar refractivity (Wildman–Crippen MR) is 74.8 cm³/mol. The highest BCUT2D eigenvalue weighted by Gasteiger charge is 2.40. The Balaban J connectivity index is 0.000000433. The van der Waals surface area contributed by atoms with Gasteiger partial charge in [-0.2, -0.15) is 0 Å². The van der Waals surface area contributed by atoms with Crippen molar-refractivity contribution in [2.45, 2.75) is 18.4 Å². The second-order valence-corrected chi connectivity index (χ2v) is 4.36. The van der Waals surface area contributed by atoms with E-state index in [4.69, 9.17) is 32.3 Å². The van der Waals surface area contributed by atoms with E-state index in [1.165, 1.54) is 0 Å². The van der Waals surface area contributed by atoms with Crippen LogP contribution in [-0.4, -0.2) is 49.9 Å². The largest absolute Gasteiger partial charge is 0.481 e. The van der Waals surface area contributed by atoms with Crippen molar-refractivity contribution in [1.82, 2.24) is 0 Å². The molecule has 0 bridgehead atoms. The lowest BCUT2D eigenvalue weighted by atomic mass is 9.96. The van der Waals surface area contributed by atoms with E-state index in [2.05, 4.69) is 4.29 Å². The number of rotatable bonds is 6. The van der Waals surface area contributed by atoms with Crippen molar-refractivity contribution in [3.63, 3.8) is 0 Å². The number of hydrogen-bond acceptors (Lipinski definition) is 6. The minimum atomic E-state index is -2.74. The number of hydrogen-bond donors (Lipinski definition) is 4. The molecule has 10 heteroatoms. The second-order valence-electron chi connectivity index (χ2n) is 4.21. The van der Waals surface area contributed by atoms with Crippen molar-refractivity contribution in [2.24, 2.45) is 0 Å². The van der Waals surface area contributed by atoms with Crippen LogP contribution in [0, 0.1) is 0 Å². The minimum Gasteiger partial charge on any atom is -0.481 e. The third-order valence-corrected chi connectivity index (χ3v) is 2.51. The highest BCUT2D eigenvalue weighted by atomic mass is 35.5. The van der Waals surface area contributed by atoms with Gasteiger partial charge < -0.3 is 24.7 Å². The zero-order valence-corrected chi connectivity index (χ0v) is 12.3. The number of carbonyl (C=O) groups is 4. The topological polar surface area (TPSA) is 158 Å². The van der Waals surface area contributed by atoms with E-state index in [0.717, 1.165) is 0 Å². The Hall–Kier alpha value is -2.65. The van der Waals surface area contributed by atoms with Crippen LogP contribution in [0.1, 0.15) is 23.2 Å². The Labute approximate surface area is 134 Å². The van der Waals surface area contributed by atoms with Crippen LogP contribution in [0.2, 0.25) is 0 Å². The van der Waals surface area contributed by atoms with Crippen LogP contribution in [0.25, 0.3) is 0 Å². The predicted octanol–water partition coefficient (Wildman–Crippen LogP) is 0.749. The summed E-state index contributed by atoms with van der Waals surface area (Å²) < 4.78 is 3.97. The van der Waals surface area contributed by atoms with Gasteiger partial charge in [0, 0.05) is 0 Å². The molecule has 0 aliphatic rings. The Morgan fingerprint density at radius 1 is 0.957 bits per heavy atom.